The Morgan fingerprint density at radius 2 is 2.08 bits per heavy atom. The van der Waals surface area contributed by atoms with E-state index in [0.29, 0.717) is 5.69 Å². The van der Waals surface area contributed by atoms with Crippen LogP contribution in [0.5, 0.6) is 0 Å². The van der Waals surface area contributed by atoms with Gasteiger partial charge < -0.3 is 10.2 Å². The summed E-state index contributed by atoms with van der Waals surface area (Å²) in [6.45, 7) is 1.54. The first-order valence-electron chi connectivity index (χ1n) is 3.16. The molecule has 0 aliphatic rings. The molecule has 0 aromatic carbocycles. The number of hydrogen-bond donors (Lipinski definition) is 3. The van der Waals surface area contributed by atoms with Crippen molar-refractivity contribution < 1.29 is 5.21 Å². The number of rotatable bonds is 1. The van der Waals surface area contributed by atoms with Gasteiger partial charge in [-0.2, -0.15) is 0 Å². The van der Waals surface area contributed by atoms with Crippen molar-refractivity contribution in [2.75, 3.05) is 0 Å². The second kappa shape index (κ2) is 3.04. The molecule has 0 radical (unpaired) electrons. The van der Waals surface area contributed by atoms with Crippen molar-refractivity contribution in [2.45, 2.75) is 6.92 Å². The summed E-state index contributed by atoms with van der Waals surface area (Å²) in [6, 6.07) is 0. The van der Waals surface area contributed by atoms with Crippen LogP contribution >= 0.6 is 0 Å². The number of aromatic amines is 2. The number of aryl methyl sites for hydroxylation is 1. The van der Waals surface area contributed by atoms with Gasteiger partial charge in [-0.3, -0.25) is 9.78 Å². The molecular weight excluding hydrogens is 162 g/mol. The Bertz CT molecular complexity index is 415. The van der Waals surface area contributed by atoms with Crippen LogP contribution in [0.25, 0.3) is 0 Å². The molecule has 12 heavy (non-hydrogen) atoms. The van der Waals surface area contributed by atoms with Gasteiger partial charge in [0.15, 0.2) is 0 Å². The van der Waals surface area contributed by atoms with Crippen LogP contribution in [-0.4, -0.2) is 21.4 Å². The molecule has 0 bridgehead atoms. The van der Waals surface area contributed by atoms with Crippen LogP contribution in [0.15, 0.2) is 14.7 Å². The lowest BCUT2D eigenvalue weighted by atomic mass is 10.3. The first-order valence-corrected chi connectivity index (χ1v) is 3.16. The molecule has 64 valence electrons. The minimum atomic E-state index is -0.576. The van der Waals surface area contributed by atoms with E-state index in [1.54, 1.807) is 0 Å². The molecule has 0 saturated heterocycles. The fourth-order valence-corrected chi connectivity index (χ4v) is 0.823. The largest absolute Gasteiger partial charge is 0.411 e. The van der Waals surface area contributed by atoms with Crippen molar-refractivity contribution in [1.82, 2.24) is 9.97 Å². The van der Waals surface area contributed by atoms with Gasteiger partial charge in [-0.05, 0) is 6.92 Å². The Kier molecular flexibility index (Phi) is 2.09. The molecule has 1 aromatic heterocycles. The van der Waals surface area contributed by atoms with Crippen LogP contribution in [0.1, 0.15) is 11.3 Å². The minimum absolute atomic E-state index is 0.136. The van der Waals surface area contributed by atoms with Crippen molar-refractivity contribution in [2.24, 2.45) is 5.16 Å². The third-order valence-corrected chi connectivity index (χ3v) is 1.36. The maximum atomic E-state index is 11.0. The molecule has 0 unspecified atom stereocenters. The van der Waals surface area contributed by atoms with Crippen LogP contribution in [0.4, 0.5) is 0 Å². The van der Waals surface area contributed by atoms with Gasteiger partial charge in [0.25, 0.3) is 5.56 Å². The minimum Gasteiger partial charge on any atom is -0.411 e. The van der Waals surface area contributed by atoms with Gasteiger partial charge in [0.1, 0.15) is 0 Å². The summed E-state index contributed by atoms with van der Waals surface area (Å²) in [6.07, 6.45) is 0.962. The molecule has 0 spiro atoms. The predicted octanol–water partition coefficient (Wildman–Crippen LogP) is -0.820. The molecule has 1 rings (SSSR count). The lowest BCUT2D eigenvalue weighted by Gasteiger charge is -1.94. The predicted molar refractivity (Wildman–Crippen MR) is 41.8 cm³/mol. The van der Waals surface area contributed by atoms with Gasteiger partial charge in [0.05, 0.1) is 11.8 Å². The molecule has 0 aliphatic carbocycles. The lowest BCUT2D eigenvalue weighted by Crippen LogP contribution is -2.26. The zero-order valence-electron chi connectivity index (χ0n) is 6.29. The Morgan fingerprint density at radius 3 is 2.58 bits per heavy atom. The zero-order chi connectivity index (χ0) is 9.14. The Labute approximate surface area is 66.6 Å². The summed E-state index contributed by atoms with van der Waals surface area (Å²) in [5, 5.41) is 10.9. The van der Waals surface area contributed by atoms with E-state index in [4.69, 9.17) is 5.21 Å². The molecule has 0 atom stereocenters. The van der Waals surface area contributed by atoms with Gasteiger partial charge in [-0.1, -0.05) is 5.16 Å². The molecule has 6 nitrogen and oxygen atoms in total. The van der Waals surface area contributed by atoms with Crippen molar-refractivity contribution in [3.8, 4) is 0 Å². The van der Waals surface area contributed by atoms with Crippen LogP contribution < -0.4 is 11.2 Å². The van der Waals surface area contributed by atoms with Crippen molar-refractivity contribution in [3.05, 3.63) is 32.1 Å². The van der Waals surface area contributed by atoms with E-state index in [9.17, 15) is 9.59 Å². The number of oxime groups is 1. The molecule has 0 amide bonds. The summed E-state index contributed by atoms with van der Waals surface area (Å²) < 4.78 is 0. The number of H-pyrrole nitrogens is 2. The van der Waals surface area contributed by atoms with E-state index in [0.717, 1.165) is 6.21 Å². The molecule has 1 heterocycles. The second-order valence-electron chi connectivity index (χ2n) is 2.19. The van der Waals surface area contributed by atoms with Crippen molar-refractivity contribution in [3.63, 3.8) is 0 Å². The Balaban J connectivity index is 3.49. The maximum absolute atomic E-state index is 11.0. The molecule has 3 N–H and O–H groups in total. The highest BCUT2D eigenvalue weighted by Gasteiger charge is 2.01. The highest BCUT2D eigenvalue weighted by Crippen LogP contribution is 1.88. The highest BCUT2D eigenvalue weighted by molar-refractivity contribution is 5.79. The Morgan fingerprint density at radius 1 is 1.42 bits per heavy atom. The molecule has 0 aliphatic heterocycles. The summed E-state index contributed by atoms with van der Waals surface area (Å²) in [5.74, 6) is 0. The molecular formula is C6H7N3O3. The van der Waals surface area contributed by atoms with Gasteiger partial charge in [0, 0.05) is 5.69 Å². The van der Waals surface area contributed by atoms with Crippen LogP contribution in [0, 0.1) is 6.92 Å². The quantitative estimate of drug-likeness (QED) is 0.291. The third-order valence-electron chi connectivity index (χ3n) is 1.36. The first kappa shape index (κ1) is 8.25. The second-order valence-corrected chi connectivity index (χ2v) is 2.19. The van der Waals surface area contributed by atoms with Crippen LogP contribution in [0.3, 0.4) is 0 Å². The standard InChI is InChI=1S/C6H7N3O3/c1-3-4(2-7-12)5(10)9-6(11)8-3/h2,12H,1H3,(H2,8,9,10,11). The number of nitrogens with one attached hydrogen (secondary N) is 2. The molecule has 0 saturated carbocycles. The number of hydrogen-bond acceptors (Lipinski definition) is 4. The highest BCUT2D eigenvalue weighted by atomic mass is 16.4. The number of nitrogens with zero attached hydrogens (tertiary/aromatic N) is 1. The summed E-state index contributed by atoms with van der Waals surface area (Å²) in [7, 11) is 0. The molecule has 1 aromatic rings. The van der Waals surface area contributed by atoms with Gasteiger partial charge in [-0.15, -0.1) is 0 Å². The topological polar surface area (TPSA) is 98.3 Å². The van der Waals surface area contributed by atoms with Crippen molar-refractivity contribution in [1.29, 1.82) is 0 Å². The third kappa shape index (κ3) is 1.42. The average molecular weight is 169 g/mol. The van der Waals surface area contributed by atoms with E-state index in [-0.39, 0.29) is 5.56 Å². The van der Waals surface area contributed by atoms with E-state index in [1.165, 1.54) is 6.92 Å². The van der Waals surface area contributed by atoms with Crippen LogP contribution in [-0.2, 0) is 0 Å². The van der Waals surface area contributed by atoms with Crippen LogP contribution in [0.2, 0.25) is 0 Å². The van der Waals surface area contributed by atoms with Crippen molar-refractivity contribution >= 4 is 6.21 Å². The number of aromatic nitrogens is 2. The smallest absolute Gasteiger partial charge is 0.325 e. The maximum Gasteiger partial charge on any atom is 0.325 e. The molecule has 6 heteroatoms. The Hall–Kier alpha value is -1.85. The lowest BCUT2D eigenvalue weighted by molar-refractivity contribution is 0.321. The monoisotopic (exact) mass is 169 g/mol. The average Bonchev–Trinajstić information content (AvgIpc) is 1.96. The summed E-state index contributed by atoms with van der Waals surface area (Å²) in [4.78, 5) is 26.0. The van der Waals surface area contributed by atoms with E-state index in [2.05, 4.69) is 10.1 Å². The fourth-order valence-electron chi connectivity index (χ4n) is 0.823. The first-order chi connectivity index (χ1) is 5.65. The van der Waals surface area contributed by atoms with Gasteiger partial charge in [0.2, 0.25) is 0 Å². The van der Waals surface area contributed by atoms with E-state index >= 15 is 0 Å². The summed E-state index contributed by atoms with van der Waals surface area (Å²) >= 11 is 0. The van der Waals surface area contributed by atoms with E-state index < -0.39 is 11.2 Å². The normalized spacial score (nSPS) is 10.8. The SMILES string of the molecule is Cc1[nH]c(=O)[nH]c(=O)c1C=NO. The van der Waals surface area contributed by atoms with Gasteiger partial charge >= 0.3 is 5.69 Å². The van der Waals surface area contributed by atoms with E-state index in [1.807, 2.05) is 4.98 Å². The zero-order valence-corrected chi connectivity index (χ0v) is 6.29. The molecule has 0 fully saturated rings. The van der Waals surface area contributed by atoms with Gasteiger partial charge in [-0.25, -0.2) is 4.79 Å². The fraction of sp³-hybridized carbons (Fsp3) is 0.167. The summed E-state index contributed by atoms with van der Waals surface area (Å²) in [5.41, 5.74) is -0.653.